The van der Waals surface area contributed by atoms with Gasteiger partial charge in [0.05, 0.1) is 25.4 Å². The van der Waals surface area contributed by atoms with Gasteiger partial charge in [-0.15, -0.1) is 0 Å². The first kappa shape index (κ1) is 13.7. The Morgan fingerprint density at radius 2 is 2.43 bits per heavy atom. The largest absolute Gasteiger partial charge is 0.458 e. The van der Waals surface area contributed by atoms with Crippen molar-refractivity contribution in [2.45, 2.75) is 31.8 Å². The first-order valence-corrected chi connectivity index (χ1v) is 6.44. The number of aromatic amines is 1. The van der Waals surface area contributed by atoms with Gasteiger partial charge in [0.15, 0.2) is 17.4 Å². The fourth-order valence-electron chi connectivity index (χ4n) is 2.45. The van der Waals surface area contributed by atoms with Gasteiger partial charge in [-0.2, -0.15) is 0 Å². The Bertz CT molecular complexity index is 724. The Kier molecular flexibility index (Phi) is 3.43. The molecule has 2 N–H and O–H groups in total. The highest BCUT2D eigenvalue weighted by atomic mass is 16.6. The van der Waals surface area contributed by atoms with Crippen LogP contribution in [0.3, 0.4) is 0 Å². The van der Waals surface area contributed by atoms with E-state index < -0.39 is 24.4 Å². The van der Waals surface area contributed by atoms with Gasteiger partial charge in [-0.1, -0.05) is 0 Å². The molecule has 3 heterocycles. The monoisotopic (exact) mass is 294 g/mol. The smallest absolute Gasteiger partial charge is 0.303 e. The van der Waals surface area contributed by atoms with E-state index in [1.807, 2.05) is 0 Å². The lowest BCUT2D eigenvalue weighted by molar-refractivity contribution is -0.152. The molecule has 21 heavy (non-hydrogen) atoms. The minimum atomic E-state index is -0.676. The van der Waals surface area contributed by atoms with Gasteiger partial charge >= 0.3 is 5.97 Å². The summed E-state index contributed by atoms with van der Waals surface area (Å²) in [5.74, 6) is -0.442. The highest BCUT2D eigenvalue weighted by Crippen LogP contribution is 2.32. The van der Waals surface area contributed by atoms with E-state index in [-0.39, 0.29) is 17.7 Å². The molecule has 1 fully saturated rings. The fraction of sp³-hybridized carbons (Fsp3) is 0.500. The van der Waals surface area contributed by atoms with Crippen molar-refractivity contribution in [2.24, 2.45) is 0 Å². The lowest BCUT2D eigenvalue weighted by atomic mass is 10.2. The number of carbonyl (C=O) groups is 1. The van der Waals surface area contributed by atoms with E-state index in [9.17, 15) is 14.7 Å². The molecule has 1 saturated heterocycles. The summed E-state index contributed by atoms with van der Waals surface area (Å²) >= 11 is 0. The van der Waals surface area contributed by atoms with Crippen LogP contribution in [0.4, 0.5) is 0 Å². The van der Waals surface area contributed by atoms with Crippen molar-refractivity contribution in [2.75, 3.05) is 6.61 Å². The molecule has 9 heteroatoms. The van der Waals surface area contributed by atoms with Crippen LogP contribution in [0, 0.1) is 0 Å². The van der Waals surface area contributed by atoms with Gasteiger partial charge in [0, 0.05) is 13.3 Å². The molecule has 9 nitrogen and oxygen atoms in total. The van der Waals surface area contributed by atoms with Crippen molar-refractivity contribution in [1.82, 2.24) is 19.5 Å². The van der Waals surface area contributed by atoms with E-state index in [2.05, 4.69) is 15.0 Å². The predicted molar refractivity (Wildman–Crippen MR) is 69.3 cm³/mol. The molecule has 112 valence electrons. The molecule has 0 bridgehead atoms. The molecule has 0 radical (unpaired) electrons. The summed E-state index contributed by atoms with van der Waals surface area (Å²) in [5, 5.41) is 9.23. The number of aliphatic hydroxyl groups is 1. The quantitative estimate of drug-likeness (QED) is 0.720. The number of esters is 1. The van der Waals surface area contributed by atoms with Gasteiger partial charge in [0.2, 0.25) is 0 Å². The summed E-state index contributed by atoms with van der Waals surface area (Å²) in [4.78, 5) is 33.3. The van der Waals surface area contributed by atoms with Crippen molar-refractivity contribution < 1.29 is 19.4 Å². The maximum atomic E-state index is 11.6. The molecular formula is C12H14N4O5. The molecule has 0 aliphatic carbocycles. The van der Waals surface area contributed by atoms with Crippen molar-refractivity contribution >= 4 is 17.1 Å². The molecule has 2 aromatic rings. The highest BCUT2D eigenvalue weighted by molar-refractivity contribution is 5.69. The van der Waals surface area contributed by atoms with Crippen LogP contribution in [-0.2, 0) is 14.3 Å². The number of aliphatic hydroxyl groups excluding tert-OH is 1. The van der Waals surface area contributed by atoms with Crippen molar-refractivity contribution in [3.8, 4) is 0 Å². The average molecular weight is 294 g/mol. The van der Waals surface area contributed by atoms with Gasteiger partial charge in [0.1, 0.15) is 6.10 Å². The number of nitrogens with zero attached hydrogens (tertiary/aromatic N) is 3. The number of carbonyl (C=O) groups excluding carboxylic acids is 1. The van der Waals surface area contributed by atoms with Crippen molar-refractivity contribution in [3.63, 3.8) is 0 Å². The minimum Gasteiger partial charge on any atom is -0.458 e. The summed E-state index contributed by atoms with van der Waals surface area (Å²) in [7, 11) is 0. The van der Waals surface area contributed by atoms with Crippen molar-refractivity contribution in [3.05, 3.63) is 23.0 Å². The molecule has 0 aromatic carbocycles. The third-order valence-corrected chi connectivity index (χ3v) is 3.31. The molecule has 0 unspecified atom stereocenters. The lowest BCUT2D eigenvalue weighted by Crippen LogP contribution is -2.24. The van der Waals surface area contributed by atoms with E-state index in [1.165, 1.54) is 24.1 Å². The Morgan fingerprint density at radius 3 is 3.14 bits per heavy atom. The van der Waals surface area contributed by atoms with Crippen LogP contribution < -0.4 is 5.56 Å². The second-order valence-corrected chi connectivity index (χ2v) is 4.77. The molecule has 0 amide bonds. The minimum absolute atomic E-state index is 0.176. The van der Waals surface area contributed by atoms with E-state index in [0.29, 0.717) is 12.1 Å². The number of H-pyrrole nitrogens is 1. The first-order valence-electron chi connectivity index (χ1n) is 6.44. The molecule has 1 aliphatic heterocycles. The molecule has 1 aliphatic rings. The maximum absolute atomic E-state index is 11.6. The molecule has 2 aromatic heterocycles. The van der Waals surface area contributed by atoms with Gasteiger partial charge in [-0.3, -0.25) is 14.2 Å². The standard InChI is InChI=1S/C12H14N4O5/c1-6(18)20-8-2-7(3-17)21-12(8)16-5-15-9-10(16)13-4-14-11(9)19/h4-5,7-8,12,17H,2-3H2,1H3,(H,13,14,19)/t7-,8+,12+/m0/s1. The lowest BCUT2D eigenvalue weighted by Gasteiger charge is -2.19. The Balaban J connectivity index is 2.01. The Labute approximate surface area is 118 Å². The topological polar surface area (TPSA) is 119 Å². The van der Waals surface area contributed by atoms with Gasteiger partial charge in [-0.25, -0.2) is 9.97 Å². The third kappa shape index (κ3) is 2.41. The zero-order valence-corrected chi connectivity index (χ0v) is 11.2. The SMILES string of the molecule is CC(=O)O[C@@H]1C[C@@H](CO)O[C@H]1n1cnc2c(=O)[nH]cnc21. The number of ether oxygens (including phenoxy) is 2. The van der Waals surface area contributed by atoms with Gasteiger partial charge < -0.3 is 19.6 Å². The number of aromatic nitrogens is 4. The van der Waals surface area contributed by atoms with Gasteiger partial charge in [0.25, 0.3) is 5.56 Å². The summed E-state index contributed by atoms with van der Waals surface area (Å²) in [5.41, 5.74) is 0.147. The summed E-state index contributed by atoms with van der Waals surface area (Å²) in [6, 6.07) is 0. The third-order valence-electron chi connectivity index (χ3n) is 3.31. The second-order valence-electron chi connectivity index (χ2n) is 4.77. The summed E-state index contributed by atoms with van der Waals surface area (Å²) in [6.07, 6.45) is 1.35. The molecule has 3 rings (SSSR count). The summed E-state index contributed by atoms with van der Waals surface area (Å²) in [6.45, 7) is 1.12. The highest BCUT2D eigenvalue weighted by Gasteiger charge is 2.39. The average Bonchev–Trinajstić information content (AvgIpc) is 3.02. The molecule has 3 atom stereocenters. The van der Waals surface area contributed by atoms with E-state index in [4.69, 9.17) is 9.47 Å². The van der Waals surface area contributed by atoms with Crippen LogP contribution in [0.2, 0.25) is 0 Å². The summed E-state index contributed by atoms with van der Waals surface area (Å²) < 4.78 is 12.4. The number of nitrogens with one attached hydrogen (secondary N) is 1. The number of imidazole rings is 1. The number of fused-ring (bicyclic) bond motifs is 1. The second kappa shape index (κ2) is 5.26. The van der Waals surface area contributed by atoms with Gasteiger partial charge in [-0.05, 0) is 0 Å². The van der Waals surface area contributed by atoms with Crippen molar-refractivity contribution in [1.29, 1.82) is 0 Å². The van der Waals surface area contributed by atoms with E-state index >= 15 is 0 Å². The normalized spacial score (nSPS) is 25.3. The number of hydrogen-bond acceptors (Lipinski definition) is 7. The van der Waals surface area contributed by atoms with Crippen LogP contribution in [0.15, 0.2) is 17.4 Å². The van der Waals surface area contributed by atoms with Crippen LogP contribution in [0.5, 0.6) is 0 Å². The zero-order valence-electron chi connectivity index (χ0n) is 11.2. The number of hydrogen-bond donors (Lipinski definition) is 2. The predicted octanol–water partition coefficient (Wildman–Crippen LogP) is -0.669. The first-order chi connectivity index (χ1) is 10.1. The zero-order chi connectivity index (χ0) is 15.0. The van der Waals surface area contributed by atoms with Crippen LogP contribution in [0.1, 0.15) is 19.6 Å². The van der Waals surface area contributed by atoms with E-state index in [0.717, 1.165) is 0 Å². The maximum Gasteiger partial charge on any atom is 0.303 e. The Morgan fingerprint density at radius 1 is 1.62 bits per heavy atom. The molecule has 0 saturated carbocycles. The molecular weight excluding hydrogens is 280 g/mol. The Hall–Kier alpha value is -2.26. The van der Waals surface area contributed by atoms with Crippen LogP contribution >= 0.6 is 0 Å². The molecule has 0 spiro atoms. The van der Waals surface area contributed by atoms with Crippen LogP contribution in [-0.4, -0.2) is 49.4 Å². The van der Waals surface area contributed by atoms with Crippen LogP contribution in [0.25, 0.3) is 11.2 Å². The fourth-order valence-corrected chi connectivity index (χ4v) is 2.45. The number of rotatable bonds is 3. The van der Waals surface area contributed by atoms with E-state index in [1.54, 1.807) is 0 Å².